The van der Waals surface area contributed by atoms with Gasteiger partial charge in [-0.2, -0.15) is 0 Å². The van der Waals surface area contributed by atoms with Gasteiger partial charge in [0.05, 0.1) is 32.0 Å². The third-order valence-corrected chi connectivity index (χ3v) is 16.7. The number of aliphatic hydroxyl groups excluding tert-OH is 8. The van der Waals surface area contributed by atoms with Crippen LogP contribution in [0.25, 0.3) is 0 Å². The molecule has 0 radical (unpaired) electrons. The SMILES string of the molecule is CCCCCCC/C=C\C/C=C\CCCCCCCCCCCCCCCCCCCCCCCC(=O)NC(COC1OC(CO)C(OC2OC(CO)C(O)C(O)C2O)C(O)C1O)C(O)/C=C/CC/C=C/CCCCCCCCCCCC. The first kappa shape index (κ1) is 77.0. The fourth-order valence-electron chi connectivity index (χ4n) is 11.2. The summed E-state index contributed by atoms with van der Waals surface area (Å²) < 4.78 is 22.8. The second-order valence-electron chi connectivity index (χ2n) is 24.3. The third-order valence-electron chi connectivity index (χ3n) is 16.7. The zero-order valence-corrected chi connectivity index (χ0v) is 52.7. The minimum Gasteiger partial charge on any atom is -0.394 e. The van der Waals surface area contributed by atoms with Gasteiger partial charge in [0.2, 0.25) is 5.91 Å². The van der Waals surface area contributed by atoms with Crippen molar-refractivity contribution in [3.05, 3.63) is 48.6 Å². The number of carbonyl (C=O) groups excluding carboxylic acids is 1. The molecule has 0 aromatic heterocycles. The zero-order valence-electron chi connectivity index (χ0n) is 52.7. The van der Waals surface area contributed by atoms with E-state index in [1.165, 1.54) is 218 Å². The van der Waals surface area contributed by atoms with Crippen molar-refractivity contribution in [3.63, 3.8) is 0 Å². The lowest BCUT2D eigenvalue weighted by Gasteiger charge is -2.46. The summed E-state index contributed by atoms with van der Waals surface area (Å²) in [5.41, 5.74) is 0. The van der Waals surface area contributed by atoms with E-state index in [9.17, 15) is 45.6 Å². The van der Waals surface area contributed by atoms with Crippen molar-refractivity contribution in [1.29, 1.82) is 0 Å². The van der Waals surface area contributed by atoms with Crippen molar-refractivity contribution in [2.75, 3.05) is 19.8 Å². The van der Waals surface area contributed by atoms with Gasteiger partial charge in [-0.25, -0.2) is 0 Å². The van der Waals surface area contributed by atoms with Gasteiger partial charge in [-0.1, -0.05) is 268 Å². The molecule has 2 heterocycles. The van der Waals surface area contributed by atoms with E-state index in [1.807, 2.05) is 6.08 Å². The second-order valence-corrected chi connectivity index (χ2v) is 24.3. The average molecular weight is 1180 g/mol. The average Bonchev–Trinajstić information content (AvgIpc) is 3.63. The molecule has 14 heteroatoms. The Morgan fingerprint density at radius 2 is 0.807 bits per heavy atom. The topological polar surface area (TPSA) is 228 Å². The molecule has 0 saturated carbocycles. The minimum absolute atomic E-state index is 0.245. The number of amides is 1. The van der Waals surface area contributed by atoms with Crippen LogP contribution < -0.4 is 5.32 Å². The predicted octanol–water partition coefficient (Wildman–Crippen LogP) is 13.5. The molecule has 0 spiro atoms. The second kappa shape index (κ2) is 54.1. The number of aliphatic hydroxyl groups is 8. The van der Waals surface area contributed by atoms with Crippen LogP contribution in [0, 0.1) is 0 Å². The Morgan fingerprint density at radius 3 is 1.25 bits per heavy atom. The third kappa shape index (κ3) is 38.8. The predicted molar refractivity (Wildman–Crippen MR) is 337 cm³/mol. The number of nitrogens with one attached hydrogen (secondary N) is 1. The highest BCUT2D eigenvalue weighted by atomic mass is 16.7. The van der Waals surface area contributed by atoms with Gasteiger partial charge in [-0.3, -0.25) is 4.79 Å². The Labute approximate surface area is 505 Å². The first-order valence-electron chi connectivity index (χ1n) is 34.4. The smallest absolute Gasteiger partial charge is 0.220 e. The van der Waals surface area contributed by atoms with Crippen molar-refractivity contribution in [1.82, 2.24) is 5.32 Å². The van der Waals surface area contributed by atoms with E-state index in [1.54, 1.807) is 6.08 Å². The van der Waals surface area contributed by atoms with Crippen LogP contribution in [0.3, 0.4) is 0 Å². The molecule has 0 bridgehead atoms. The van der Waals surface area contributed by atoms with E-state index in [4.69, 9.17) is 18.9 Å². The largest absolute Gasteiger partial charge is 0.394 e. The van der Waals surface area contributed by atoms with E-state index >= 15 is 0 Å². The summed E-state index contributed by atoms with van der Waals surface area (Å²) in [5.74, 6) is -0.245. The van der Waals surface area contributed by atoms with Crippen LogP contribution in [-0.4, -0.2) is 140 Å². The van der Waals surface area contributed by atoms with Crippen LogP contribution in [-0.2, 0) is 23.7 Å². The Bertz CT molecular complexity index is 1580. The van der Waals surface area contributed by atoms with Gasteiger partial charge in [0.1, 0.15) is 48.8 Å². The zero-order chi connectivity index (χ0) is 60.2. The van der Waals surface area contributed by atoms with Gasteiger partial charge in [-0.15, -0.1) is 0 Å². The number of allylic oxidation sites excluding steroid dienone is 7. The summed E-state index contributed by atoms with van der Waals surface area (Å²) in [6, 6.07) is -0.931. The molecule has 14 nitrogen and oxygen atoms in total. The van der Waals surface area contributed by atoms with Crippen molar-refractivity contribution < 1.29 is 64.6 Å². The number of hydrogen-bond donors (Lipinski definition) is 9. The van der Waals surface area contributed by atoms with E-state index in [0.717, 1.165) is 38.5 Å². The summed E-state index contributed by atoms with van der Waals surface area (Å²) in [6.45, 7) is 2.79. The fraction of sp³-hybridized carbons (Fsp3) is 0.870. The molecule has 12 atom stereocenters. The minimum atomic E-state index is -1.79. The number of hydrogen-bond acceptors (Lipinski definition) is 13. The number of ether oxygens (including phenoxy) is 4. The fourth-order valence-corrected chi connectivity index (χ4v) is 11.2. The van der Waals surface area contributed by atoms with Crippen molar-refractivity contribution in [2.45, 2.75) is 364 Å². The van der Waals surface area contributed by atoms with Crippen LogP contribution in [0.1, 0.15) is 290 Å². The number of carbonyl (C=O) groups is 1. The van der Waals surface area contributed by atoms with Crippen LogP contribution in [0.5, 0.6) is 0 Å². The van der Waals surface area contributed by atoms with Crippen molar-refractivity contribution in [3.8, 4) is 0 Å². The monoisotopic (exact) mass is 1180 g/mol. The number of unbranched alkanes of at least 4 members (excludes halogenated alkanes) is 37. The van der Waals surface area contributed by atoms with Gasteiger partial charge in [-0.05, 0) is 64.2 Å². The summed E-state index contributed by atoms with van der Waals surface area (Å²) in [4.78, 5) is 13.3. The molecular weight excluding hydrogens is 1050 g/mol. The number of rotatable bonds is 56. The summed E-state index contributed by atoms with van der Waals surface area (Å²) in [5, 5.41) is 87.2. The Kier molecular flexibility index (Phi) is 50.2. The van der Waals surface area contributed by atoms with E-state index in [2.05, 4.69) is 55.6 Å². The highest BCUT2D eigenvalue weighted by Crippen LogP contribution is 2.30. The maximum atomic E-state index is 13.3. The molecule has 2 aliphatic heterocycles. The van der Waals surface area contributed by atoms with E-state index in [0.29, 0.717) is 12.8 Å². The van der Waals surface area contributed by atoms with Crippen molar-refractivity contribution in [2.24, 2.45) is 0 Å². The molecule has 2 rings (SSSR count). The van der Waals surface area contributed by atoms with Gasteiger partial charge in [0.25, 0.3) is 0 Å². The Morgan fingerprint density at radius 1 is 0.434 bits per heavy atom. The maximum Gasteiger partial charge on any atom is 0.220 e. The van der Waals surface area contributed by atoms with Gasteiger partial charge in [0, 0.05) is 6.42 Å². The lowest BCUT2D eigenvalue weighted by atomic mass is 9.97. The first-order valence-corrected chi connectivity index (χ1v) is 34.4. The normalized spacial score (nSPS) is 24.1. The molecule has 83 heavy (non-hydrogen) atoms. The standard InChI is InChI=1S/C69H127NO13/c1-3-5-7-9-11-13-15-17-19-21-22-23-24-25-26-27-28-29-30-31-32-33-34-35-36-37-39-41-43-45-47-49-51-53-61(74)70-57(58(73)52-50-48-46-44-42-40-38-20-18-16-14-12-10-8-6-4-2)56-80-68-66(79)64(77)67(60(55-72)82-68)83-69-65(78)63(76)62(75)59(54-71)81-69/h15,17,21-22,42,44,50,52,57-60,62-69,71-73,75-79H,3-14,16,18-20,23-41,43,45-49,51,53-56H2,1-2H3,(H,70,74)/b17-15-,22-21-,44-42+,52-50+. The molecule has 0 aliphatic carbocycles. The Balaban J connectivity index is 1.64. The lowest BCUT2D eigenvalue weighted by molar-refractivity contribution is -0.359. The molecule has 12 unspecified atom stereocenters. The Hall–Kier alpha value is -2.05. The highest BCUT2D eigenvalue weighted by Gasteiger charge is 2.51. The molecular formula is C69H127NO13. The van der Waals surface area contributed by atoms with Gasteiger partial charge >= 0.3 is 0 Å². The van der Waals surface area contributed by atoms with Gasteiger partial charge < -0.3 is 65.1 Å². The van der Waals surface area contributed by atoms with Crippen LogP contribution in [0.15, 0.2) is 48.6 Å². The lowest BCUT2D eigenvalue weighted by Crippen LogP contribution is -2.65. The molecule has 2 saturated heterocycles. The van der Waals surface area contributed by atoms with Gasteiger partial charge in [0.15, 0.2) is 12.6 Å². The summed E-state index contributed by atoms with van der Waals surface area (Å²) in [6.07, 6.45) is 53.2. The quantitative estimate of drug-likeness (QED) is 0.0204. The molecule has 2 fully saturated rings. The summed E-state index contributed by atoms with van der Waals surface area (Å²) >= 11 is 0. The molecule has 0 aromatic rings. The molecule has 0 aromatic carbocycles. The van der Waals surface area contributed by atoms with Crippen LogP contribution in [0.2, 0.25) is 0 Å². The maximum absolute atomic E-state index is 13.3. The molecule has 1 amide bonds. The molecule has 2 aliphatic rings. The molecule has 486 valence electrons. The van der Waals surface area contributed by atoms with E-state index < -0.39 is 86.8 Å². The highest BCUT2D eigenvalue weighted by molar-refractivity contribution is 5.76. The van der Waals surface area contributed by atoms with Crippen molar-refractivity contribution >= 4 is 5.91 Å². The summed E-state index contributed by atoms with van der Waals surface area (Å²) in [7, 11) is 0. The van der Waals surface area contributed by atoms with E-state index in [-0.39, 0.29) is 18.9 Å². The van der Waals surface area contributed by atoms with Crippen LogP contribution in [0.4, 0.5) is 0 Å². The first-order chi connectivity index (χ1) is 40.6. The molecule has 9 N–H and O–H groups in total. The van der Waals surface area contributed by atoms with Crippen LogP contribution >= 0.6 is 0 Å².